The molecule has 1 N–H and O–H groups in total. The van der Waals surface area contributed by atoms with E-state index >= 15 is 0 Å². The molecule has 1 heterocycles. The molecule has 9 heteroatoms. The molecule has 1 unspecified atom stereocenters. The van der Waals surface area contributed by atoms with Crippen LogP contribution in [-0.2, 0) is 20.5 Å². The van der Waals surface area contributed by atoms with Crippen LogP contribution >= 0.6 is 0 Å². The minimum atomic E-state index is -4.00. The Hall–Kier alpha value is -2.94. The van der Waals surface area contributed by atoms with Gasteiger partial charge in [0.2, 0.25) is 0 Å². The van der Waals surface area contributed by atoms with Crippen LogP contribution in [0.3, 0.4) is 0 Å². The third-order valence-electron chi connectivity index (χ3n) is 4.23. The lowest BCUT2D eigenvalue weighted by atomic mass is 9.92. The number of carbonyl (C=O) groups excluding carboxylic acids is 2. The molecule has 2 aromatic carbocycles. The lowest BCUT2D eigenvalue weighted by Crippen LogP contribution is -2.41. The van der Waals surface area contributed by atoms with E-state index in [2.05, 4.69) is 5.32 Å². The number of urea groups is 1. The van der Waals surface area contributed by atoms with Crippen molar-refractivity contribution in [2.45, 2.75) is 12.5 Å². The normalized spacial score (nSPS) is 19.9. The molecule has 1 aliphatic heterocycles. The molecule has 0 aromatic heterocycles. The zero-order valence-electron chi connectivity index (χ0n) is 14.4. The second-order valence-electron chi connectivity index (χ2n) is 6.18. The van der Waals surface area contributed by atoms with Crippen LogP contribution in [0.15, 0.2) is 54.6 Å². The molecule has 3 amide bonds. The first-order valence-corrected chi connectivity index (χ1v) is 9.66. The summed E-state index contributed by atoms with van der Waals surface area (Å²) in [4.78, 5) is 25.7. The zero-order chi connectivity index (χ0) is 19.7. The predicted molar refractivity (Wildman–Crippen MR) is 94.9 cm³/mol. The van der Waals surface area contributed by atoms with Crippen molar-refractivity contribution in [3.63, 3.8) is 0 Å². The summed E-state index contributed by atoms with van der Waals surface area (Å²) >= 11 is 0. The fourth-order valence-corrected chi connectivity index (χ4v) is 3.64. The van der Waals surface area contributed by atoms with Crippen LogP contribution in [0.2, 0.25) is 0 Å². The highest BCUT2D eigenvalue weighted by atomic mass is 32.2. The van der Waals surface area contributed by atoms with Crippen molar-refractivity contribution in [3.05, 3.63) is 66.0 Å². The van der Waals surface area contributed by atoms with Crippen molar-refractivity contribution < 1.29 is 26.6 Å². The number of hydrogen-bond donors (Lipinski definition) is 1. The SMILES string of the molecule is CC1(c2ccc(F)cc2)NC(=O)N(CCS(=O)(=O)Oc2ccccc2)C1=O. The zero-order valence-corrected chi connectivity index (χ0v) is 15.2. The first-order chi connectivity index (χ1) is 12.7. The fourth-order valence-electron chi connectivity index (χ4n) is 2.75. The number of benzene rings is 2. The minimum Gasteiger partial charge on any atom is -0.382 e. The van der Waals surface area contributed by atoms with Gasteiger partial charge in [-0.25, -0.2) is 9.18 Å². The second kappa shape index (κ2) is 6.99. The standard InChI is InChI=1S/C18H17FN2O5S/c1-18(13-7-9-14(19)10-8-13)16(22)21(17(23)20-18)11-12-27(24,25)26-15-5-3-2-4-6-15/h2-10H,11-12H2,1H3,(H,20,23). The number of nitrogens with zero attached hydrogens (tertiary/aromatic N) is 1. The van der Waals surface area contributed by atoms with Gasteiger partial charge in [-0.2, -0.15) is 8.42 Å². The molecule has 7 nitrogen and oxygen atoms in total. The monoisotopic (exact) mass is 392 g/mol. The molecule has 0 spiro atoms. The summed E-state index contributed by atoms with van der Waals surface area (Å²) in [5, 5.41) is 2.53. The van der Waals surface area contributed by atoms with Crippen molar-refractivity contribution in [2.75, 3.05) is 12.3 Å². The van der Waals surface area contributed by atoms with Gasteiger partial charge in [0.25, 0.3) is 5.91 Å². The molecule has 1 saturated heterocycles. The Morgan fingerprint density at radius 2 is 1.70 bits per heavy atom. The largest absolute Gasteiger partial charge is 0.382 e. The third-order valence-corrected chi connectivity index (χ3v) is 5.36. The maximum atomic E-state index is 13.1. The van der Waals surface area contributed by atoms with Gasteiger partial charge in [-0.05, 0) is 36.8 Å². The Morgan fingerprint density at radius 1 is 1.07 bits per heavy atom. The van der Waals surface area contributed by atoms with Crippen molar-refractivity contribution in [1.82, 2.24) is 10.2 Å². The molecule has 3 rings (SSSR count). The first kappa shape index (κ1) is 18.8. The number of rotatable bonds is 6. The van der Waals surface area contributed by atoms with Crippen LogP contribution in [-0.4, -0.2) is 37.6 Å². The van der Waals surface area contributed by atoms with E-state index in [1.807, 2.05) is 0 Å². The van der Waals surface area contributed by atoms with Crippen molar-refractivity contribution >= 4 is 22.1 Å². The summed E-state index contributed by atoms with van der Waals surface area (Å²) in [6.45, 7) is 1.12. The highest BCUT2D eigenvalue weighted by molar-refractivity contribution is 7.87. The number of hydrogen-bond acceptors (Lipinski definition) is 5. The number of halogens is 1. The Balaban J connectivity index is 1.71. The molecule has 0 bridgehead atoms. The lowest BCUT2D eigenvalue weighted by molar-refractivity contribution is -0.130. The Kier molecular flexibility index (Phi) is 4.88. The van der Waals surface area contributed by atoms with Crippen molar-refractivity contribution in [2.24, 2.45) is 0 Å². The fraction of sp³-hybridized carbons (Fsp3) is 0.222. The Morgan fingerprint density at radius 3 is 2.33 bits per heavy atom. The molecule has 1 aliphatic rings. The van der Waals surface area contributed by atoms with Gasteiger partial charge in [-0.3, -0.25) is 9.69 Å². The van der Waals surface area contributed by atoms with Gasteiger partial charge in [0, 0.05) is 6.54 Å². The van der Waals surface area contributed by atoms with Crippen molar-refractivity contribution in [1.29, 1.82) is 0 Å². The summed E-state index contributed by atoms with van der Waals surface area (Å²) < 4.78 is 42.3. The first-order valence-electron chi connectivity index (χ1n) is 8.09. The molecule has 142 valence electrons. The summed E-state index contributed by atoms with van der Waals surface area (Å²) in [6.07, 6.45) is 0. The summed E-state index contributed by atoms with van der Waals surface area (Å²) in [5.41, 5.74) is -0.998. The number of amides is 3. The van der Waals surface area contributed by atoms with Crippen LogP contribution < -0.4 is 9.50 Å². The Labute approximate surface area is 155 Å². The molecular weight excluding hydrogens is 375 g/mol. The van der Waals surface area contributed by atoms with Gasteiger partial charge >= 0.3 is 16.1 Å². The molecule has 0 saturated carbocycles. The van der Waals surface area contributed by atoms with E-state index in [1.165, 1.54) is 43.3 Å². The van der Waals surface area contributed by atoms with E-state index < -0.39 is 39.2 Å². The maximum absolute atomic E-state index is 13.1. The summed E-state index contributed by atoms with van der Waals surface area (Å²) in [6, 6.07) is 12.4. The van der Waals surface area contributed by atoms with Crippen molar-refractivity contribution in [3.8, 4) is 5.75 Å². The maximum Gasteiger partial charge on any atom is 0.325 e. The van der Waals surface area contributed by atoms with E-state index in [0.29, 0.717) is 5.56 Å². The van der Waals surface area contributed by atoms with Gasteiger partial charge in [0.1, 0.15) is 22.9 Å². The molecule has 0 aliphatic carbocycles. The van der Waals surface area contributed by atoms with E-state index in [0.717, 1.165) is 4.90 Å². The second-order valence-corrected chi connectivity index (χ2v) is 7.87. The smallest absolute Gasteiger partial charge is 0.325 e. The topological polar surface area (TPSA) is 92.8 Å². The van der Waals surface area contributed by atoms with Crippen LogP contribution in [0.1, 0.15) is 12.5 Å². The third kappa shape index (κ3) is 3.92. The summed E-state index contributed by atoms with van der Waals surface area (Å²) in [5.74, 6) is -1.50. The number of imide groups is 1. The van der Waals surface area contributed by atoms with Gasteiger partial charge in [0.15, 0.2) is 0 Å². The summed E-state index contributed by atoms with van der Waals surface area (Å²) in [7, 11) is -4.00. The average Bonchev–Trinajstić information content (AvgIpc) is 2.84. The minimum absolute atomic E-state index is 0.144. The Bertz CT molecular complexity index is 963. The highest BCUT2D eigenvalue weighted by Crippen LogP contribution is 2.29. The predicted octanol–water partition coefficient (Wildman–Crippen LogP) is 2.00. The average molecular weight is 392 g/mol. The van der Waals surface area contributed by atoms with Gasteiger partial charge < -0.3 is 9.50 Å². The van der Waals surface area contributed by atoms with Gasteiger partial charge in [0.05, 0.1) is 0 Å². The molecule has 27 heavy (non-hydrogen) atoms. The number of carbonyl (C=O) groups is 2. The van der Waals surface area contributed by atoms with E-state index in [9.17, 15) is 22.4 Å². The van der Waals surface area contributed by atoms with Crippen LogP contribution in [0.5, 0.6) is 5.75 Å². The quantitative estimate of drug-likeness (QED) is 0.600. The highest BCUT2D eigenvalue weighted by Gasteiger charge is 2.49. The van der Waals surface area contributed by atoms with Gasteiger partial charge in [-0.15, -0.1) is 0 Å². The molecule has 1 fully saturated rings. The molecule has 2 aromatic rings. The van der Waals surface area contributed by atoms with E-state index in [1.54, 1.807) is 18.2 Å². The van der Waals surface area contributed by atoms with E-state index in [-0.39, 0.29) is 12.3 Å². The van der Waals surface area contributed by atoms with Crippen LogP contribution in [0.4, 0.5) is 9.18 Å². The number of nitrogens with one attached hydrogen (secondary N) is 1. The molecular formula is C18H17FN2O5S. The van der Waals surface area contributed by atoms with Crippen LogP contribution in [0, 0.1) is 5.82 Å². The molecule has 1 atom stereocenters. The van der Waals surface area contributed by atoms with Gasteiger partial charge in [-0.1, -0.05) is 30.3 Å². The lowest BCUT2D eigenvalue weighted by Gasteiger charge is -2.22. The van der Waals surface area contributed by atoms with E-state index in [4.69, 9.17) is 4.18 Å². The molecule has 0 radical (unpaired) electrons. The number of para-hydroxylation sites is 1. The van der Waals surface area contributed by atoms with Crippen LogP contribution in [0.25, 0.3) is 0 Å².